The minimum atomic E-state index is -3.77. The highest BCUT2D eigenvalue weighted by atomic mass is 32.2. The van der Waals surface area contributed by atoms with Crippen LogP contribution in [0, 0.1) is 0 Å². The Hall–Kier alpha value is -1.94. The number of aromatic amines is 2. The van der Waals surface area contributed by atoms with Crippen molar-refractivity contribution in [3.05, 3.63) is 51.1 Å². The molecule has 1 atom stereocenters. The van der Waals surface area contributed by atoms with Crippen LogP contribution in [0.5, 0.6) is 0 Å². The number of hydrogen-bond donors (Lipinski definition) is 4. The van der Waals surface area contributed by atoms with Crippen molar-refractivity contribution in [3.8, 4) is 0 Å². The van der Waals surface area contributed by atoms with E-state index < -0.39 is 21.8 Å². The molecule has 0 aliphatic carbocycles. The van der Waals surface area contributed by atoms with Crippen molar-refractivity contribution in [2.45, 2.75) is 11.0 Å². The normalized spacial score (nSPS) is 13.5. The van der Waals surface area contributed by atoms with Crippen molar-refractivity contribution >= 4 is 32.4 Å². The molecule has 22 heavy (non-hydrogen) atoms. The molecule has 3 rings (SSSR count). The Bertz CT molecular complexity index is 941. The number of imidazole rings is 1. The van der Waals surface area contributed by atoms with Crippen molar-refractivity contribution in [3.63, 3.8) is 0 Å². The summed E-state index contributed by atoms with van der Waals surface area (Å²) < 4.78 is 26.8. The van der Waals surface area contributed by atoms with Crippen LogP contribution in [-0.2, 0) is 10.0 Å². The summed E-state index contributed by atoms with van der Waals surface area (Å²) in [5.74, 6) is 0. The Morgan fingerprint density at radius 3 is 2.73 bits per heavy atom. The number of aliphatic hydroxyl groups is 1. The summed E-state index contributed by atoms with van der Waals surface area (Å²) in [7, 11) is -3.77. The van der Waals surface area contributed by atoms with Gasteiger partial charge in [0.1, 0.15) is 6.10 Å². The van der Waals surface area contributed by atoms with E-state index >= 15 is 0 Å². The van der Waals surface area contributed by atoms with E-state index in [1.165, 1.54) is 29.5 Å². The first-order valence-electron chi connectivity index (χ1n) is 6.39. The van der Waals surface area contributed by atoms with Crippen molar-refractivity contribution in [1.29, 1.82) is 0 Å². The number of aliphatic hydroxyl groups excluding tert-OH is 1. The second kappa shape index (κ2) is 5.69. The maximum absolute atomic E-state index is 12.2. The predicted molar refractivity (Wildman–Crippen MR) is 83.4 cm³/mol. The number of thiophene rings is 1. The van der Waals surface area contributed by atoms with Gasteiger partial charge in [0.05, 0.1) is 15.9 Å². The smallest absolute Gasteiger partial charge is 0.323 e. The van der Waals surface area contributed by atoms with E-state index in [2.05, 4.69) is 14.7 Å². The van der Waals surface area contributed by atoms with Crippen molar-refractivity contribution in [2.24, 2.45) is 0 Å². The second-order valence-corrected chi connectivity index (χ2v) is 7.42. The summed E-state index contributed by atoms with van der Waals surface area (Å²) in [6, 6.07) is 7.80. The van der Waals surface area contributed by atoms with Crippen molar-refractivity contribution in [1.82, 2.24) is 14.7 Å². The van der Waals surface area contributed by atoms with E-state index in [4.69, 9.17) is 0 Å². The van der Waals surface area contributed by atoms with Crippen molar-refractivity contribution in [2.75, 3.05) is 6.54 Å². The van der Waals surface area contributed by atoms with Crippen LogP contribution in [0.2, 0.25) is 0 Å². The van der Waals surface area contributed by atoms with E-state index in [1.54, 1.807) is 12.1 Å². The van der Waals surface area contributed by atoms with Gasteiger partial charge in [0.15, 0.2) is 0 Å². The lowest BCUT2D eigenvalue weighted by Gasteiger charge is -2.11. The molecule has 2 aromatic heterocycles. The minimum absolute atomic E-state index is 0.0219. The molecule has 0 saturated heterocycles. The largest absolute Gasteiger partial charge is 0.386 e. The molecule has 0 aliphatic heterocycles. The fraction of sp³-hybridized carbons (Fsp3) is 0.154. The van der Waals surface area contributed by atoms with Gasteiger partial charge >= 0.3 is 5.69 Å². The van der Waals surface area contributed by atoms with Gasteiger partial charge in [-0.3, -0.25) is 0 Å². The first-order chi connectivity index (χ1) is 10.5. The molecule has 0 spiro atoms. The predicted octanol–water partition coefficient (Wildman–Crippen LogP) is 0.930. The fourth-order valence-corrected chi connectivity index (χ4v) is 3.81. The summed E-state index contributed by atoms with van der Waals surface area (Å²) in [6.45, 7) is -0.120. The molecule has 0 aliphatic rings. The van der Waals surface area contributed by atoms with Crippen LogP contribution in [0.25, 0.3) is 11.0 Å². The molecule has 0 bridgehead atoms. The third kappa shape index (κ3) is 2.97. The third-order valence-electron chi connectivity index (χ3n) is 3.14. The zero-order valence-corrected chi connectivity index (χ0v) is 12.9. The van der Waals surface area contributed by atoms with Crippen LogP contribution in [-0.4, -0.2) is 30.0 Å². The lowest BCUT2D eigenvalue weighted by atomic mass is 10.3. The molecule has 0 amide bonds. The molecule has 2 heterocycles. The Kier molecular flexibility index (Phi) is 3.87. The van der Waals surface area contributed by atoms with Gasteiger partial charge in [0.25, 0.3) is 0 Å². The van der Waals surface area contributed by atoms with Gasteiger partial charge in [0, 0.05) is 11.4 Å². The number of H-pyrrole nitrogens is 2. The van der Waals surface area contributed by atoms with Crippen LogP contribution in [0.3, 0.4) is 0 Å². The number of sulfonamides is 1. The van der Waals surface area contributed by atoms with Gasteiger partial charge in [-0.2, -0.15) is 0 Å². The van der Waals surface area contributed by atoms with Gasteiger partial charge < -0.3 is 15.1 Å². The number of aromatic nitrogens is 2. The maximum Gasteiger partial charge on any atom is 0.323 e. The summed E-state index contributed by atoms with van der Waals surface area (Å²) in [5.41, 5.74) is 0.542. The van der Waals surface area contributed by atoms with Crippen LogP contribution < -0.4 is 10.4 Å². The van der Waals surface area contributed by atoms with E-state index in [0.717, 1.165) is 0 Å². The zero-order chi connectivity index (χ0) is 15.7. The van der Waals surface area contributed by atoms with Crippen LogP contribution in [0.1, 0.15) is 11.0 Å². The highest BCUT2D eigenvalue weighted by Gasteiger charge is 2.18. The molecule has 0 fully saturated rings. The molecular formula is C13H13N3O4S2. The number of fused-ring (bicyclic) bond motifs is 1. The number of nitrogens with one attached hydrogen (secondary N) is 3. The average Bonchev–Trinajstić information content (AvgIpc) is 3.12. The van der Waals surface area contributed by atoms with Gasteiger partial charge in [-0.25, -0.2) is 17.9 Å². The van der Waals surface area contributed by atoms with Crippen LogP contribution >= 0.6 is 11.3 Å². The number of hydrogen-bond acceptors (Lipinski definition) is 5. The lowest BCUT2D eigenvalue weighted by Crippen LogP contribution is -2.28. The third-order valence-corrected chi connectivity index (χ3v) is 5.53. The quantitative estimate of drug-likeness (QED) is 0.553. The second-order valence-electron chi connectivity index (χ2n) is 4.67. The number of benzene rings is 1. The molecule has 7 nitrogen and oxygen atoms in total. The van der Waals surface area contributed by atoms with E-state index in [1.807, 2.05) is 5.38 Å². The first-order valence-corrected chi connectivity index (χ1v) is 8.75. The van der Waals surface area contributed by atoms with Gasteiger partial charge in [-0.15, -0.1) is 11.3 Å². The molecule has 1 unspecified atom stereocenters. The summed E-state index contributed by atoms with van der Waals surface area (Å²) >= 11 is 1.35. The standard InChI is InChI=1S/C13H13N3O4S2/c17-11(12-2-1-5-21-12)7-14-22(19,20)8-3-4-9-10(6-8)16-13(18)15-9/h1-6,11,14,17H,7H2,(H2,15,16,18). The summed E-state index contributed by atoms with van der Waals surface area (Å²) in [6.07, 6.45) is -0.898. The Labute approximate surface area is 129 Å². The Morgan fingerprint density at radius 1 is 1.23 bits per heavy atom. The Morgan fingerprint density at radius 2 is 2.00 bits per heavy atom. The summed E-state index contributed by atoms with van der Waals surface area (Å²) in [5, 5.41) is 11.7. The molecule has 9 heteroatoms. The Balaban J connectivity index is 1.80. The molecular weight excluding hydrogens is 326 g/mol. The first kappa shape index (κ1) is 15.0. The van der Waals surface area contributed by atoms with E-state index in [9.17, 15) is 18.3 Å². The maximum atomic E-state index is 12.2. The monoisotopic (exact) mass is 339 g/mol. The molecule has 1 aromatic carbocycles. The topological polar surface area (TPSA) is 115 Å². The van der Waals surface area contributed by atoms with Gasteiger partial charge in [0.2, 0.25) is 10.0 Å². The zero-order valence-electron chi connectivity index (χ0n) is 11.2. The fourth-order valence-electron chi connectivity index (χ4n) is 2.03. The molecule has 4 N–H and O–H groups in total. The molecule has 3 aromatic rings. The van der Waals surface area contributed by atoms with E-state index in [-0.39, 0.29) is 11.4 Å². The van der Waals surface area contributed by atoms with Gasteiger partial charge in [-0.05, 0) is 29.6 Å². The summed E-state index contributed by atoms with van der Waals surface area (Å²) in [4.78, 5) is 16.9. The van der Waals surface area contributed by atoms with E-state index in [0.29, 0.717) is 15.9 Å². The van der Waals surface area contributed by atoms with Crippen molar-refractivity contribution < 1.29 is 13.5 Å². The molecule has 0 saturated carbocycles. The molecule has 0 radical (unpaired) electrons. The lowest BCUT2D eigenvalue weighted by molar-refractivity contribution is 0.186. The number of rotatable bonds is 5. The SMILES string of the molecule is O=c1[nH]c2ccc(S(=O)(=O)NCC(O)c3cccs3)cc2[nH]1. The average molecular weight is 339 g/mol. The minimum Gasteiger partial charge on any atom is -0.386 e. The van der Waals surface area contributed by atoms with Crippen LogP contribution in [0.15, 0.2) is 45.4 Å². The highest BCUT2D eigenvalue weighted by Crippen LogP contribution is 2.19. The highest BCUT2D eigenvalue weighted by molar-refractivity contribution is 7.89. The van der Waals surface area contributed by atoms with Gasteiger partial charge in [-0.1, -0.05) is 6.07 Å². The molecule has 116 valence electrons. The van der Waals surface area contributed by atoms with Crippen LogP contribution in [0.4, 0.5) is 0 Å².